The van der Waals surface area contributed by atoms with Crippen molar-refractivity contribution in [2.45, 2.75) is 0 Å². The molecule has 66 heavy (non-hydrogen) atoms. The van der Waals surface area contributed by atoms with Crippen LogP contribution in [0.3, 0.4) is 0 Å². The molecule has 0 aliphatic rings. The van der Waals surface area contributed by atoms with E-state index in [1.54, 1.807) is 12.1 Å². The largest absolute Gasteiger partial charge is 0.455 e. The van der Waals surface area contributed by atoms with E-state index in [4.69, 9.17) is 19.4 Å². The number of aromatic nitrogens is 5. The van der Waals surface area contributed by atoms with Gasteiger partial charge in [0.15, 0.2) is 11.6 Å². The van der Waals surface area contributed by atoms with Crippen molar-refractivity contribution in [3.05, 3.63) is 212 Å². The fraction of sp³-hybridized carbons (Fsp3) is 0. The summed E-state index contributed by atoms with van der Waals surface area (Å²) in [5, 5.41) is 15.5. The normalized spacial score (nSPS) is 11.7. The molecule has 0 atom stereocenters. The van der Waals surface area contributed by atoms with Gasteiger partial charge in [-0.1, -0.05) is 146 Å². The van der Waals surface area contributed by atoms with Crippen LogP contribution in [-0.2, 0) is 0 Å². The first-order valence-corrected chi connectivity index (χ1v) is 21.7. The molecule has 0 amide bonds. The quantitative estimate of drug-likeness (QED) is 0.166. The molecule has 0 unspecified atom stereocenters. The molecule has 13 aromatic rings. The van der Waals surface area contributed by atoms with Crippen molar-refractivity contribution in [2.24, 2.45) is 0 Å². The van der Waals surface area contributed by atoms with E-state index in [1.165, 1.54) is 6.07 Å². The average molecular weight is 849 g/mol. The van der Waals surface area contributed by atoms with Crippen molar-refractivity contribution in [3.8, 4) is 62.7 Å². The van der Waals surface area contributed by atoms with Gasteiger partial charge in [0.25, 0.3) is 0 Å². The summed E-state index contributed by atoms with van der Waals surface area (Å²) in [4.78, 5) is 15.8. The zero-order chi connectivity index (χ0) is 43.9. The third-order valence-corrected chi connectivity index (χ3v) is 12.7. The van der Waals surface area contributed by atoms with E-state index >= 15 is 4.39 Å². The highest BCUT2D eigenvalue weighted by molar-refractivity contribution is 6.24. The Balaban J connectivity index is 1.12. The Morgan fingerprint density at radius 1 is 0.439 bits per heavy atom. The zero-order valence-electron chi connectivity index (χ0n) is 35.0. The fourth-order valence-corrected chi connectivity index (χ4v) is 9.65. The van der Waals surface area contributed by atoms with Crippen LogP contribution in [0.5, 0.6) is 0 Å². The third-order valence-electron chi connectivity index (χ3n) is 12.7. The molecule has 0 fully saturated rings. The summed E-state index contributed by atoms with van der Waals surface area (Å²) in [6.45, 7) is 0. The number of hydrogen-bond acceptors (Lipinski definition) is 5. The van der Waals surface area contributed by atoms with Crippen molar-refractivity contribution in [3.63, 3.8) is 0 Å². The Kier molecular flexibility index (Phi) is 8.32. The van der Waals surface area contributed by atoms with Crippen LogP contribution in [0.1, 0.15) is 5.56 Å². The molecule has 0 bridgehead atoms. The van der Waals surface area contributed by atoms with Crippen LogP contribution in [0.15, 0.2) is 205 Å². The van der Waals surface area contributed by atoms with E-state index < -0.39 is 0 Å². The van der Waals surface area contributed by atoms with E-state index in [2.05, 4.69) is 106 Å². The first-order chi connectivity index (χ1) is 32.6. The van der Waals surface area contributed by atoms with Crippen LogP contribution >= 0.6 is 0 Å². The van der Waals surface area contributed by atoms with Gasteiger partial charge in [-0.2, -0.15) is 15.2 Å². The summed E-state index contributed by atoms with van der Waals surface area (Å²) in [7, 11) is 0. The monoisotopic (exact) mass is 848 g/mol. The number of furan rings is 1. The lowest BCUT2D eigenvalue weighted by Gasteiger charge is -2.14. The van der Waals surface area contributed by atoms with Gasteiger partial charge in [0.1, 0.15) is 17.0 Å². The maximum atomic E-state index is 15.1. The Morgan fingerprint density at radius 3 is 1.68 bits per heavy atom. The fourth-order valence-electron chi connectivity index (χ4n) is 9.65. The Hall–Kier alpha value is -9.19. The number of para-hydroxylation sites is 3. The maximum absolute atomic E-state index is 15.1. The molecule has 7 nitrogen and oxygen atoms in total. The maximum Gasteiger partial charge on any atom is 0.238 e. The van der Waals surface area contributed by atoms with Gasteiger partial charge in [0.05, 0.1) is 33.7 Å². The van der Waals surface area contributed by atoms with Gasteiger partial charge < -0.3 is 8.98 Å². The number of nitrogens with zero attached hydrogens (tertiary/aromatic N) is 6. The van der Waals surface area contributed by atoms with Gasteiger partial charge in [-0.3, -0.25) is 4.57 Å². The second-order valence-electron chi connectivity index (χ2n) is 16.5. The minimum absolute atomic E-state index is 0.320. The van der Waals surface area contributed by atoms with E-state index in [-0.39, 0.29) is 5.82 Å². The molecule has 4 aromatic heterocycles. The first kappa shape index (κ1) is 37.4. The summed E-state index contributed by atoms with van der Waals surface area (Å²) < 4.78 is 26.1. The summed E-state index contributed by atoms with van der Waals surface area (Å²) in [6.07, 6.45) is 0. The number of benzene rings is 9. The van der Waals surface area contributed by atoms with Crippen LogP contribution < -0.4 is 0 Å². The van der Waals surface area contributed by atoms with Crippen LogP contribution in [0.25, 0.3) is 122 Å². The zero-order valence-corrected chi connectivity index (χ0v) is 35.0. The van der Waals surface area contributed by atoms with E-state index in [0.29, 0.717) is 28.7 Å². The molecule has 0 aliphatic carbocycles. The van der Waals surface area contributed by atoms with E-state index in [1.807, 2.05) is 91.0 Å². The summed E-state index contributed by atoms with van der Waals surface area (Å²) in [5.74, 6) is 1.23. The highest BCUT2D eigenvalue weighted by atomic mass is 19.1. The molecular formula is C58H33FN6O. The molecule has 9 aromatic carbocycles. The molecule has 308 valence electrons. The average Bonchev–Trinajstić information content (AvgIpc) is 4.04. The molecule has 0 saturated carbocycles. The van der Waals surface area contributed by atoms with Crippen molar-refractivity contribution in [2.75, 3.05) is 0 Å². The number of rotatable bonds is 6. The van der Waals surface area contributed by atoms with Gasteiger partial charge >= 0.3 is 0 Å². The molecule has 0 spiro atoms. The SMILES string of the molecule is N#Cc1ccc(-c2ccc(-c3nc(-c4ccccc4)nc(-n4c5ccccc5c5ccc6c7ccccc7n(-c7cc(-c8cccc(F)c8)c8oc9ccccc9c8c7)c6c54)n3)cc2)cc1. The minimum Gasteiger partial charge on any atom is -0.455 e. The highest BCUT2D eigenvalue weighted by Gasteiger charge is 2.25. The Bertz CT molecular complexity index is 4120. The molecular weight excluding hydrogens is 816 g/mol. The van der Waals surface area contributed by atoms with Crippen molar-refractivity contribution in [1.29, 1.82) is 5.26 Å². The molecule has 0 N–H and O–H groups in total. The number of halogens is 1. The molecule has 0 radical (unpaired) electrons. The van der Waals surface area contributed by atoms with Crippen LogP contribution in [0.4, 0.5) is 4.39 Å². The Morgan fingerprint density at radius 2 is 1.00 bits per heavy atom. The number of hydrogen-bond donors (Lipinski definition) is 0. The van der Waals surface area contributed by atoms with E-state index in [0.717, 1.165) is 99.0 Å². The van der Waals surface area contributed by atoms with Crippen molar-refractivity contribution < 1.29 is 8.81 Å². The summed E-state index contributed by atoms with van der Waals surface area (Å²) in [5.41, 5.74) is 12.1. The van der Waals surface area contributed by atoms with Crippen LogP contribution in [0.2, 0.25) is 0 Å². The summed E-state index contributed by atoms with van der Waals surface area (Å²) >= 11 is 0. The highest BCUT2D eigenvalue weighted by Crippen LogP contribution is 2.44. The lowest BCUT2D eigenvalue weighted by molar-refractivity contribution is 0.628. The van der Waals surface area contributed by atoms with Gasteiger partial charge in [0, 0.05) is 54.7 Å². The van der Waals surface area contributed by atoms with Gasteiger partial charge in [-0.05, 0) is 71.3 Å². The van der Waals surface area contributed by atoms with Crippen molar-refractivity contribution >= 4 is 65.6 Å². The molecule has 13 rings (SSSR count). The molecule has 0 aliphatic heterocycles. The van der Waals surface area contributed by atoms with Gasteiger partial charge in [0.2, 0.25) is 5.95 Å². The minimum atomic E-state index is -0.320. The second kappa shape index (κ2) is 14.7. The molecule has 0 saturated heterocycles. The van der Waals surface area contributed by atoms with Crippen LogP contribution in [0, 0.1) is 17.1 Å². The Labute approximate surface area is 376 Å². The molecule has 4 heterocycles. The third kappa shape index (κ3) is 5.84. The second-order valence-corrected chi connectivity index (χ2v) is 16.5. The van der Waals surface area contributed by atoms with Gasteiger partial charge in [-0.25, -0.2) is 9.37 Å². The standard InChI is InChI=1S/C58H33FN6O/c59-41-14-10-13-40(31-41)48-32-42(33-49-45-17-6-9-20-52(45)66-55(48)49)64-50-18-7-4-15-43(50)46-29-30-47-44-16-5-8-19-51(44)65(54(47)53(46)64)58-62-56(38-11-2-1-3-12-38)61-57(63-58)39-27-25-37(26-28-39)36-23-21-35(34-60)22-24-36/h1-33H. The number of nitriles is 1. The lowest BCUT2D eigenvalue weighted by Crippen LogP contribution is -2.07. The van der Waals surface area contributed by atoms with Gasteiger partial charge in [-0.15, -0.1) is 0 Å². The van der Waals surface area contributed by atoms with Crippen LogP contribution in [-0.4, -0.2) is 24.1 Å². The molecule has 8 heteroatoms. The summed E-state index contributed by atoms with van der Waals surface area (Å²) in [6, 6.07) is 68.3. The predicted molar refractivity (Wildman–Crippen MR) is 262 cm³/mol. The first-order valence-electron chi connectivity index (χ1n) is 21.7. The van der Waals surface area contributed by atoms with Crippen molar-refractivity contribution in [1.82, 2.24) is 24.1 Å². The smallest absolute Gasteiger partial charge is 0.238 e. The predicted octanol–water partition coefficient (Wildman–Crippen LogP) is 14.6. The van der Waals surface area contributed by atoms with E-state index in [9.17, 15) is 5.26 Å². The number of fused-ring (bicyclic) bond motifs is 10. The topological polar surface area (TPSA) is 85.5 Å². The lowest BCUT2D eigenvalue weighted by atomic mass is 10.0.